The maximum atomic E-state index is 12.4. The lowest BCUT2D eigenvalue weighted by Gasteiger charge is -2.12. The van der Waals surface area contributed by atoms with E-state index >= 15 is 0 Å². The highest BCUT2D eigenvalue weighted by atomic mass is 19.4. The number of rotatable bonds is 1. The highest BCUT2D eigenvalue weighted by Crippen LogP contribution is 2.32. The van der Waals surface area contributed by atoms with Gasteiger partial charge in [0.05, 0.1) is 5.56 Å². The van der Waals surface area contributed by atoms with E-state index < -0.39 is 11.7 Å². The predicted octanol–water partition coefficient (Wildman–Crippen LogP) is 2.65. The first-order chi connectivity index (χ1) is 7.88. The summed E-state index contributed by atoms with van der Waals surface area (Å²) in [6, 6.07) is 5.05. The van der Waals surface area contributed by atoms with Gasteiger partial charge in [0.25, 0.3) is 0 Å². The predicted molar refractivity (Wildman–Crippen MR) is 56.4 cm³/mol. The molecule has 1 fully saturated rings. The van der Waals surface area contributed by atoms with Crippen molar-refractivity contribution >= 4 is 5.91 Å². The fourth-order valence-corrected chi connectivity index (χ4v) is 2.03. The summed E-state index contributed by atoms with van der Waals surface area (Å²) in [6.07, 6.45) is -3.93. The molecular formula is C12H12F3NO. The molecule has 1 heterocycles. The molecule has 1 saturated heterocycles. The van der Waals surface area contributed by atoms with E-state index in [4.69, 9.17) is 0 Å². The van der Waals surface area contributed by atoms with Crippen molar-refractivity contribution in [1.82, 2.24) is 4.90 Å². The average Bonchev–Trinajstić information content (AvgIpc) is 2.58. The zero-order chi connectivity index (χ0) is 12.6. The van der Waals surface area contributed by atoms with Gasteiger partial charge in [-0.3, -0.25) is 4.79 Å². The maximum Gasteiger partial charge on any atom is 0.416 e. The first kappa shape index (κ1) is 12.0. The summed E-state index contributed by atoms with van der Waals surface area (Å²) < 4.78 is 37.1. The van der Waals surface area contributed by atoms with Crippen LogP contribution in [0, 0.1) is 0 Å². The third-order valence-electron chi connectivity index (χ3n) is 3.05. The molecule has 1 aromatic rings. The van der Waals surface area contributed by atoms with E-state index in [1.54, 1.807) is 11.9 Å². The number of likely N-dealkylation sites (tertiary alicyclic amines) is 1. The number of amides is 1. The zero-order valence-corrected chi connectivity index (χ0v) is 9.29. The number of alkyl halides is 3. The second-order valence-electron chi connectivity index (χ2n) is 4.30. The van der Waals surface area contributed by atoms with Gasteiger partial charge in [-0.2, -0.15) is 13.2 Å². The number of hydrogen-bond donors (Lipinski definition) is 0. The van der Waals surface area contributed by atoms with Crippen LogP contribution in [0.5, 0.6) is 0 Å². The van der Waals surface area contributed by atoms with Gasteiger partial charge >= 0.3 is 6.18 Å². The smallest absolute Gasteiger partial charge is 0.345 e. The van der Waals surface area contributed by atoms with E-state index in [2.05, 4.69) is 0 Å². The SMILES string of the molecule is CN1CC(c2ccc(C(F)(F)F)cc2)CC1=O. The van der Waals surface area contributed by atoms with Gasteiger partial charge in [-0.15, -0.1) is 0 Å². The third kappa shape index (κ3) is 2.43. The van der Waals surface area contributed by atoms with Crippen LogP contribution in [0.3, 0.4) is 0 Å². The monoisotopic (exact) mass is 243 g/mol. The van der Waals surface area contributed by atoms with Crippen LogP contribution in [0.1, 0.15) is 23.5 Å². The molecule has 17 heavy (non-hydrogen) atoms. The largest absolute Gasteiger partial charge is 0.416 e. The van der Waals surface area contributed by atoms with Crippen molar-refractivity contribution in [2.45, 2.75) is 18.5 Å². The normalized spacial score (nSPS) is 21.1. The Hall–Kier alpha value is -1.52. The quantitative estimate of drug-likeness (QED) is 0.742. The molecule has 0 bridgehead atoms. The van der Waals surface area contributed by atoms with Crippen molar-refractivity contribution in [3.63, 3.8) is 0 Å². The summed E-state index contributed by atoms with van der Waals surface area (Å²) in [4.78, 5) is 12.9. The molecule has 0 N–H and O–H groups in total. The molecule has 0 aliphatic carbocycles. The molecular weight excluding hydrogens is 231 g/mol. The average molecular weight is 243 g/mol. The Morgan fingerprint density at radius 3 is 2.24 bits per heavy atom. The number of likely N-dealkylation sites (N-methyl/N-ethyl adjacent to an activating group) is 1. The van der Waals surface area contributed by atoms with Crippen molar-refractivity contribution in [3.05, 3.63) is 35.4 Å². The van der Waals surface area contributed by atoms with Crippen LogP contribution >= 0.6 is 0 Å². The topological polar surface area (TPSA) is 20.3 Å². The van der Waals surface area contributed by atoms with Crippen LogP contribution in [0.15, 0.2) is 24.3 Å². The lowest BCUT2D eigenvalue weighted by atomic mass is 9.97. The Kier molecular flexibility index (Phi) is 2.85. The van der Waals surface area contributed by atoms with Gasteiger partial charge < -0.3 is 4.90 Å². The summed E-state index contributed by atoms with van der Waals surface area (Å²) in [5, 5.41) is 0. The number of hydrogen-bond acceptors (Lipinski definition) is 1. The van der Waals surface area contributed by atoms with Gasteiger partial charge in [-0.1, -0.05) is 12.1 Å². The molecule has 0 aromatic heterocycles. The fourth-order valence-electron chi connectivity index (χ4n) is 2.03. The highest BCUT2D eigenvalue weighted by molar-refractivity contribution is 5.79. The summed E-state index contributed by atoms with van der Waals surface area (Å²) >= 11 is 0. The molecule has 0 spiro atoms. The van der Waals surface area contributed by atoms with Crippen LogP contribution in [0.25, 0.3) is 0 Å². The van der Waals surface area contributed by atoms with Crippen LogP contribution in [-0.4, -0.2) is 24.4 Å². The van der Waals surface area contributed by atoms with E-state index in [0.717, 1.165) is 17.7 Å². The molecule has 1 atom stereocenters. The Morgan fingerprint density at radius 1 is 1.24 bits per heavy atom. The molecule has 0 saturated carbocycles. The van der Waals surface area contributed by atoms with Gasteiger partial charge in [0.15, 0.2) is 0 Å². The lowest BCUT2D eigenvalue weighted by Crippen LogP contribution is -2.18. The van der Waals surface area contributed by atoms with Crippen LogP contribution in [0.4, 0.5) is 13.2 Å². The van der Waals surface area contributed by atoms with Crippen molar-refractivity contribution in [3.8, 4) is 0 Å². The summed E-state index contributed by atoms with van der Waals surface area (Å²) in [7, 11) is 1.70. The molecule has 1 aliphatic rings. The van der Waals surface area contributed by atoms with E-state index in [-0.39, 0.29) is 11.8 Å². The standard InChI is InChI=1S/C12H12F3NO/c1-16-7-9(6-11(16)17)8-2-4-10(5-3-8)12(13,14)15/h2-5,9H,6-7H2,1H3. The lowest BCUT2D eigenvalue weighted by molar-refractivity contribution is -0.137. The molecule has 5 heteroatoms. The minimum absolute atomic E-state index is 0.00906. The van der Waals surface area contributed by atoms with Crippen molar-refractivity contribution < 1.29 is 18.0 Å². The second-order valence-corrected chi connectivity index (χ2v) is 4.30. The minimum Gasteiger partial charge on any atom is -0.345 e. The molecule has 0 radical (unpaired) electrons. The van der Waals surface area contributed by atoms with Gasteiger partial charge in [-0.05, 0) is 17.7 Å². The first-order valence-corrected chi connectivity index (χ1v) is 5.29. The Bertz CT molecular complexity index is 424. The molecule has 1 aliphatic heterocycles. The Balaban J connectivity index is 2.17. The van der Waals surface area contributed by atoms with E-state index in [9.17, 15) is 18.0 Å². The first-order valence-electron chi connectivity index (χ1n) is 5.29. The van der Waals surface area contributed by atoms with Crippen molar-refractivity contribution in [1.29, 1.82) is 0 Å². The maximum absolute atomic E-state index is 12.4. The summed E-state index contributed by atoms with van der Waals surface area (Å²) in [5.74, 6) is 0.0460. The molecule has 1 aromatic carbocycles. The summed E-state index contributed by atoms with van der Waals surface area (Å²) in [5.41, 5.74) is 0.134. The fraction of sp³-hybridized carbons (Fsp3) is 0.417. The van der Waals surface area contributed by atoms with Gasteiger partial charge in [0.2, 0.25) is 5.91 Å². The zero-order valence-electron chi connectivity index (χ0n) is 9.29. The number of nitrogens with zero attached hydrogens (tertiary/aromatic N) is 1. The number of benzene rings is 1. The van der Waals surface area contributed by atoms with Gasteiger partial charge in [-0.25, -0.2) is 0 Å². The molecule has 1 unspecified atom stereocenters. The molecule has 1 amide bonds. The molecule has 2 nitrogen and oxygen atoms in total. The third-order valence-corrected chi connectivity index (χ3v) is 3.05. The van der Waals surface area contributed by atoms with E-state index in [1.807, 2.05) is 0 Å². The van der Waals surface area contributed by atoms with E-state index in [0.29, 0.717) is 13.0 Å². The van der Waals surface area contributed by atoms with Gasteiger partial charge in [0, 0.05) is 25.9 Å². The van der Waals surface area contributed by atoms with Gasteiger partial charge in [0.1, 0.15) is 0 Å². The Morgan fingerprint density at radius 2 is 1.82 bits per heavy atom. The highest BCUT2D eigenvalue weighted by Gasteiger charge is 2.31. The van der Waals surface area contributed by atoms with Crippen molar-refractivity contribution in [2.75, 3.05) is 13.6 Å². The number of carbonyl (C=O) groups is 1. The van der Waals surface area contributed by atoms with Crippen molar-refractivity contribution in [2.24, 2.45) is 0 Å². The molecule has 92 valence electrons. The Labute approximate surface area is 97.0 Å². The van der Waals surface area contributed by atoms with Crippen LogP contribution in [-0.2, 0) is 11.0 Å². The minimum atomic E-state index is -4.30. The number of halogens is 3. The summed E-state index contributed by atoms with van der Waals surface area (Å²) in [6.45, 7) is 0.574. The van der Waals surface area contributed by atoms with Crippen LogP contribution in [0.2, 0.25) is 0 Å². The van der Waals surface area contributed by atoms with E-state index in [1.165, 1.54) is 12.1 Å². The van der Waals surface area contributed by atoms with Crippen LogP contribution < -0.4 is 0 Å². The second kappa shape index (κ2) is 4.05. The molecule has 2 rings (SSSR count). The number of carbonyl (C=O) groups excluding carboxylic acids is 1.